The van der Waals surface area contributed by atoms with Crippen LogP contribution in [0.1, 0.15) is 53.4 Å². The van der Waals surface area contributed by atoms with Crippen LogP contribution in [0.5, 0.6) is 0 Å². The second kappa shape index (κ2) is 12.1. The van der Waals surface area contributed by atoms with Gasteiger partial charge < -0.3 is 0 Å². The summed E-state index contributed by atoms with van der Waals surface area (Å²) in [4.78, 5) is 0. The Morgan fingerprint density at radius 3 is 1.47 bits per heavy atom. The topological polar surface area (TPSA) is 42.5 Å². The molecule has 0 aliphatic rings. The molecule has 4 unspecified atom stereocenters. The summed E-state index contributed by atoms with van der Waals surface area (Å²) < 4.78 is 11.3. The van der Waals surface area contributed by atoms with Gasteiger partial charge >= 0.3 is 125 Å². The van der Waals surface area contributed by atoms with Gasteiger partial charge in [0.05, 0.1) is 0 Å². The first-order chi connectivity index (χ1) is 9.07. The quantitative estimate of drug-likeness (QED) is 0.543. The Balaban J connectivity index is 3.71. The molecular weight excluding hydrogens is 287 g/mol. The van der Waals surface area contributed by atoms with Gasteiger partial charge in [0, 0.05) is 0 Å². The van der Waals surface area contributed by atoms with E-state index in [1.807, 2.05) is 14.1 Å². The Morgan fingerprint density at radius 2 is 1.21 bits per heavy atom. The van der Waals surface area contributed by atoms with Crippen molar-refractivity contribution in [2.75, 3.05) is 14.1 Å². The summed E-state index contributed by atoms with van der Waals surface area (Å²) in [5.41, 5.74) is 0. The van der Waals surface area contributed by atoms with Gasteiger partial charge in [0.15, 0.2) is 0 Å². The maximum atomic E-state index is 5.65. The van der Waals surface area contributed by atoms with E-state index in [-0.39, 0.29) is 12.2 Å². The number of rotatable bonds is 12. The Labute approximate surface area is 125 Å². The molecule has 0 bridgehead atoms. The molecule has 0 fully saturated rings. The molecule has 0 saturated carbocycles. The Bertz CT molecular complexity index is 180. The van der Waals surface area contributed by atoms with E-state index in [1.54, 1.807) is 0 Å². The third-order valence-electron chi connectivity index (χ3n) is 3.35. The molecule has 0 aromatic carbocycles. The van der Waals surface area contributed by atoms with Gasteiger partial charge in [-0.3, -0.25) is 0 Å². The zero-order valence-electron chi connectivity index (χ0n) is 13.3. The average Bonchev–Trinajstić information content (AvgIpc) is 2.42. The maximum absolute atomic E-state index is 5.65. The van der Waals surface area contributed by atoms with Crippen molar-refractivity contribution in [1.29, 1.82) is 0 Å². The van der Waals surface area contributed by atoms with Gasteiger partial charge in [-0.1, -0.05) is 0 Å². The average molecular weight is 319 g/mol. The molecule has 0 aromatic rings. The molecule has 0 radical (unpaired) electrons. The normalized spacial score (nSPS) is 18.2. The van der Waals surface area contributed by atoms with Crippen LogP contribution in [0, 0.1) is 0 Å². The fourth-order valence-electron chi connectivity index (χ4n) is 1.96. The first kappa shape index (κ1) is 19.3. The summed E-state index contributed by atoms with van der Waals surface area (Å²) in [6, 6.07) is 1.04. The fourth-order valence-corrected chi connectivity index (χ4v) is 2.53. The third kappa shape index (κ3) is 9.81. The molecule has 5 heteroatoms. The van der Waals surface area contributed by atoms with E-state index >= 15 is 0 Å². The molecule has 0 amide bonds. The molecule has 4 atom stereocenters. The molecule has 120 valence electrons. The first-order valence-electron chi connectivity index (χ1n) is 7.33. The van der Waals surface area contributed by atoms with Crippen LogP contribution in [0.25, 0.3) is 0 Å². The molecule has 0 rings (SSSR count). The van der Waals surface area contributed by atoms with Crippen molar-refractivity contribution in [3.05, 3.63) is 0 Å². The van der Waals surface area contributed by atoms with E-state index in [4.69, 9.17) is 7.76 Å². The van der Waals surface area contributed by atoms with Crippen LogP contribution in [0.2, 0.25) is 0 Å². The summed E-state index contributed by atoms with van der Waals surface area (Å²) in [7, 11) is 3.99. The predicted octanol–water partition coefficient (Wildman–Crippen LogP) is 2.49. The summed E-state index contributed by atoms with van der Waals surface area (Å²) >= 11 is 0.953. The van der Waals surface area contributed by atoms with Crippen LogP contribution in [0.15, 0.2) is 0 Å². The summed E-state index contributed by atoms with van der Waals surface area (Å²) in [5.74, 6) is 0. The summed E-state index contributed by atoms with van der Waals surface area (Å²) in [6.07, 6.45) is 4.67. The van der Waals surface area contributed by atoms with E-state index < -0.39 is 0 Å². The van der Waals surface area contributed by atoms with E-state index in [1.165, 1.54) is 0 Å². The molecular formula is C14H32N2NiO2. The standard InChI is InChI=1S/2C7H16NO.Ni/c2*1-4-7(8-3)5-6(2)9;/h2*6-8H,4-5H2,1-3H3;/q2*-1;+2. The van der Waals surface area contributed by atoms with Crippen LogP contribution in [0.3, 0.4) is 0 Å². The monoisotopic (exact) mass is 318 g/mol. The van der Waals surface area contributed by atoms with E-state index in [2.05, 4.69) is 38.3 Å². The second-order valence-corrected chi connectivity index (χ2v) is 5.71. The van der Waals surface area contributed by atoms with Gasteiger partial charge in [0.25, 0.3) is 0 Å². The van der Waals surface area contributed by atoms with Crippen molar-refractivity contribution in [2.45, 2.75) is 77.7 Å². The SMILES string of the molecule is CCC(CC(C)[O][Ni][O]C(C)CC(CC)NC)NC. The number of hydrogen-bond donors (Lipinski definition) is 2. The minimum absolute atomic E-state index is 0.205. The number of nitrogens with one attached hydrogen (secondary N) is 2. The van der Waals surface area contributed by atoms with Gasteiger partial charge in [-0.2, -0.15) is 0 Å². The van der Waals surface area contributed by atoms with Crippen LogP contribution in [-0.2, 0) is 22.8 Å². The predicted molar refractivity (Wildman–Crippen MR) is 76.6 cm³/mol. The molecule has 0 saturated heterocycles. The van der Waals surface area contributed by atoms with Gasteiger partial charge in [0.2, 0.25) is 0 Å². The van der Waals surface area contributed by atoms with Crippen molar-refractivity contribution in [2.24, 2.45) is 0 Å². The van der Waals surface area contributed by atoms with Gasteiger partial charge in [-0.25, -0.2) is 0 Å². The Kier molecular flexibility index (Phi) is 12.3. The third-order valence-corrected chi connectivity index (χ3v) is 4.34. The zero-order valence-corrected chi connectivity index (χ0v) is 14.3. The second-order valence-electron chi connectivity index (χ2n) is 5.08. The zero-order chi connectivity index (χ0) is 14.7. The minimum atomic E-state index is 0.205. The van der Waals surface area contributed by atoms with Crippen LogP contribution < -0.4 is 10.6 Å². The summed E-state index contributed by atoms with van der Waals surface area (Å²) in [5, 5.41) is 6.57. The molecule has 0 aliphatic carbocycles. The first-order valence-corrected chi connectivity index (χ1v) is 8.13. The van der Waals surface area contributed by atoms with E-state index in [0.717, 1.165) is 40.8 Å². The van der Waals surface area contributed by atoms with Crippen LogP contribution in [0.4, 0.5) is 0 Å². The van der Waals surface area contributed by atoms with E-state index in [0.29, 0.717) is 12.1 Å². The van der Waals surface area contributed by atoms with Crippen LogP contribution in [-0.4, -0.2) is 38.4 Å². The van der Waals surface area contributed by atoms with Crippen LogP contribution >= 0.6 is 0 Å². The molecule has 2 N–H and O–H groups in total. The van der Waals surface area contributed by atoms with Crippen molar-refractivity contribution in [3.63, 3.8) is 0 Å². The molecule has 0 heterocycles. The summed E-state index contributed by atoms with van der Waals surface area (Å²) in [6.45, 7) is 8.55. The van der Waals surface area contributed by atoms with Gasteiger partial charge in [-0.15, -0.1) is 0 Å². The Hall–Kier alpha value is 0.334. The Morgan fingerprint density at radius 1 is 0.842 bits per heavy atom. The number of hydrogen-bond acceptors (Lipinski definition) is 4. The molecule has 0 aromatic heterocycles. The molecule has 19 heavy (non-hydrogen) atoms. The van der Waals surface area contributed by atoms with Crippen molar-refractivity contribution >= 4 is 0 Å². The van der Waals surface area contributed by atoms with Crippen molar-refractivity contribution < 1.29 is 22.8 Å². The van der Waals surface area contributed by atoms with Gasteiger partial charge in [-0.05, 0) is 0 Å². The van der Waals surface area contributed by atoms with Crippen molar-refractivity contribution in [3.8, 4) is 0 Å². The fraction of sp³-hybridized carbons (Fsp3) is 1.00. The molecule has 4 nitrogen and oxygen atoms in total. The molecule has 0 aliphatic heterocycles. The van der Waals surface area contributed by atoms with Crippen molar-refractivity contribution in [1.82, 2.24) is 10.6 Å². The van der Waals surface area contributed by atoms with E-state index in [9.17, 15) is 0 Å². The van der Waals surface area contributed by atoms with Gasteiger partial charge in [0.1, 0.15) is 0 Å². The molecule has 0 spiro atoms.